The van der Waals surface area contributed by atoms with E-state index in [1.54, 1.807) is 0 Å². The van der Waals surface area contributed by atoms with Crippen molar-refractivity contribution in [3.63, 3.8) is 0 Å². The molecule has 1 atom stereocenters. The van der Waals surface area contributed by atoms with E-state index < -0.39 is 41.4 Å². The maximum absolute atomic E-state index is 13.1. The third-order valence-electron chi connectivity index (χ3n) is 1.84. The molecule has 0 aliphatic carbocycles. The highest BCUT2D eigenvalue weighted by atomic mass is 19.1. The Morgan fingerprint density at radius 3 is 2.13 bits per heavy atom. The van der Waals surface area contributed by atoms with Crippen molar-refractivity contribution in [3.05, 3.63) is 35.1 Å². The van der Waals surface area contributed by atoms with Crippen LogP contribution in [0.2, 0.25) is 0 Å². The van der Waals surface area contributed by atoms with Gasteiger partial charge in [-0.05, 0) is 0 Å². The Kier molecular flexibility index (Phi) is 3.31. The first-order chi connectivity index (χ1) is 6.91. The second-order valence-corrected chi connectivity index (χ2v) is 3.06. The van der Waals surface area contributed by atoms with Crippen molar-refractivity contribution in [3.8, 4) is 0 Å². The Labute approximate surface area is 83.9 Å². The van der Waals surface area contributed by atoms with E-state index in [0.29, 0.717) is 12.1 Å². The molecule has 15 heavy (non-hydrogen) atoms. The van der Waals surface area contributed by atoms with Gasteiger partial charge in [0.25, 0.3) is 0 Å². The minimum absolute atomic E-state index is 0.403. The lowest BCUT2D eigenvalue weighted by molar-refractivity contribution is -0.118. The Bertz CT molecular complexity index is 372. The van der Waals surface area contributed by atoms with Gasteiger partial charge in [0.1, 0.15) is 17.5 Å². The van der Waals surface area contributed by atoms with Gasteiger partial charge in [-0.25, -0.2) is 13.2 Å². The number of carbonyl (C=O) groups is 1. The molecule has 0 bridgehead atoms. The first-order valence-electron chi connectivity index (χ1n) is 4.10. The number of hydrogen-bond donors (Lipinski definition) is 2. The van der Waals surface area contributed by atoms with Crippen LogP contribution in [0.1, 0.15) is 18.0 Å². The van der Waals surface area contributed by atoms with Crippen LogP contribution in [0.5, 0.6) is 0 Å². The maximum Gasteiger partial charge on any atom is 0.219 e. The van der Waals surface area contributed by atoms with E-state index in [4.69, 9.17) is 11.5 Å². The second-order valence-electron chi connectivity index (χ2n) is 3.06. The average molecular weight is 218 g/mol. The molecule has 4 N–H and O–H groups in total. The molecular weight excluding hydrogens is 209 g/mol. The van der Waals surface area contributed by atoms with Crippen LogP contribution in [0.4, 0.5) is 13.2 Å². The van der Waals surface area contributed by atoms with Crippen LogP contribution in [-0.4, -0.2) is 5.91 Å². The molecule has 1 aromatic carbocycles. The van der Waals surface area contributed by atoms with E-state index in [1.807, 2.05) is 0 Å². The molecule has 0 saturated heterocycles. The number of amides is 1. The molecule has 1 amide bonds. The van der Waals surface area contributed by atoms with Gasteiger partial charge in [0.05, 0.1) is 0 Å². The first-order valence-corrected chi connectivity index (χ1v) is 4.10. The van der Waals surface area contributed by atoms with E-state index in [0.717, 1.165) is 0 Å². The first kappa shape index (κ1) is 11.5. The minimum atomic E-state index is -1.21. The third kappa shape index (κ3) is 2.69. The fourth-order valence-corrected chi connectivity index (χ4v) is 1.23. The van der Waals surface area contributed by atoms with E-state index in [2.05, 4.69) is 0 Å². The summed E-state index contributed by atoms with van der Waals surface area (Å²) in [7, 11) is 0. The van der Waals surface area contributed by atoms with Gasteiger partial charge in [-0.3, -0.25) is 4.79 Å². The van der Waals surface area contributed by atoms with E-state index in [9.17, 15) is 18.0 Å². The van der Waals surface area contributed by atoms with Crippen LogP contribution >= 0.6 is 0 Å². The fraction of sp³-hybridized carbons (Fsp3) is 0.222. The van der Waals surface area contributed by atoms with Gasteiger partial charge in [-0.15, -0.1) is 0 Å². The topological polar surface area (TPSA) is 69.1 Å². The summed E-state index contributed by atoms with van der Waals surface area (Å²) in [5.41, 5.74) is 9.64. The number of benzene rings is 1. The molecule has 6 heteroatoms. The molecule has 0 aliphatic rings. The van der Waals surface area contributed by atoms with Crippen LogP contribution in [0.15, 0.2) is 12.1 Å². The molecule has 0 aliphatic heterocycles. The van der Waals surface area contributed by atoms with Gasteiger partial charge >= 0.3 is 0 Å². The molecule has 0 aromatic heterocycles. The SMILES string of the molecule is NC(=O)CC(N)c1c(F)cc(F)cc1F. The van der Waals surface area contributed by atoms with Crippen LogP contribution in [0.25, 0.3) is 0 Å². The Morgan fingerprint density at radius 1 is 1.27 bits per heavy atom. The van der Waals surface area contributed by atoms with Crippen LogP contribution < -0.4 is 11.5 Å². The van der Waals surface area contributed by atoms with E-state index in [1.165, 1.54) is 0 Å². The zero-order valence-electron chi connectivity index (χ0n) is 7.64. The quantitative estimate of drug-likeness (QED) is 0.793. The highest BCUT2D eigenvalue weighted by Gasteiger charge is 2.19. The van der Waals surface area contributed by atoms with Crippen LogP contribution in [0.3, 0.4) is 0 Å². The van der Waals surface area contributed by atoms with Crippen molar-refractivity contribution < 1.29 is 18.0 Å². The molecule has 0 saturated carbocycles. The van der Waals surface area contributed by atoms with Gasteiger partial charge < -0.3 is 11.5 Å². The lowest BCUT2D eigenvalue weighted by atomic mass is 10.0. The van der Waals surface area contributed by atoms with Crippen molar-refractivity contribution in [2.75, 3.05) is 0 Å². The van der Waals surface area contributed by atoms with Gasteiger partial charge in [-0.1, -0.05) is 0 Å². The lowest BCUT2D eigenvalue weighted by Gasteiger charge is -2.11. The van der Waals surface area contributed by atoms with Crippen LogP contribution in [-0.2, 0) is 4.79 Å². The Balaban J connectivity index is 3.08. The summed E-state index contributed by atoms with van der Waals surface area (Å²) in [6.07, 6.45) is -0.403. The van der Waals surface area contributed by atoms with Crippen molar-refractivity contribution in [1.29, 1.82) is 0 Å². The van der Waals surface area contributed by atoms with E-state index >= 15 is 0 Å². The zero-order chi connectivity index (χ0) is 11.6. The zero-order valence-corrected chi connectivity index (χ0v) is 7.64. The molecule has 1 unspecified atom stereocenters. The monoisotopic (exact) mass is 218 g/mol. The number of carbonyl (C=O) groups excluding carboxylic acids is 1. The van der Waals surface area contributed by atoms with E-state index in [-0.39, 0.29) is 0 Å². The Hall–Kier alpha value is -1.56. The molecule has 0 radical (unpaired) electrons. The molecule has 1 rings (SSSR count). The molecular formula is C9H9F3N2O. The molecule has 1 aromatic rings. The van der Waals surface area contributed by atoms with Crippen LogP contribution in [0, 0.1) is 17.5 Å². The summed E-state index contributed by atoms with van der Waals surface area (Å²) in [5.74, 6) is -4.08. The standard InChI is InChI=1S/C9H9F3N2O/c10-4-1-5(11)9(6(12)2-4)7(13)3-8(14)15/h1-2,7H,3,13H2,(H2,14,15). The van der Waals surface area contributed by atoms with Gasteiger partial charge in [0.15, 0.2) is 0 Å². The fourth-order valence-electron chi connectivity index (χ4n) is 1.23. The summed E-state index contributed by atoms with van der Waals surface area (Å²) < 4.78 is 38.7. The van der Waals surface area contributed by atoms with Gasteiger partial charge in [0, 0.05) is 30.2 Å². The van der Waals surface area contributed by atoms with Crippen molar-refractivity contribution in [2.24, 2.45) is 11.5 Å². The molecule has 3 nitrogen and oxygen atoms in total. The summed E-state index contributed by atoms with van der Waals surface area (Å²) in [5, 5.41) is 0. The molecule has 82 valence electrons. The predicted octanol–water partition coefficient (Wildman–Crippen LogP) is 0.979. The number of nitrogens with two attached hydrogens (primary N) is 2. The number of rotatable bonds is 3. The van der Waals surface area contributed by atoms with Crippen molar-refractivity contribution in [1.82, 2.24) is 0 Å². The molecule has 0 fully saturated rings. The van der Waals surface area contributed by atoms with Gasteiger partial charge in [-0.2, -0.15) is 0 Å². The third-order valence-corrected chi connectivity index (χ3v) is 1.84. The van der Waals surface area contributed by atoms with Crippen molar-refractivity contribution in [2.45, 2.75) is 12.5 Å². The molecule has 0 spiro atoms. The maximum atomic E-state index is 13.1. The highest BCUT2D eigenvalue weighted by Crippen LogP contribution is 2.22. The molecule has 0 heterocycles. The summed E-state index contributed by atoms with van der Waals surface area (Å²) in [6, 6.07) is -0.207. The average Bonchev–Trinajstić information content (AvgIpc) is 1.99. The Morgan fingerprint density at radius 2 is 1.73 bits per heavy atom. The predicted molar refractivity (Wildman–Crippen MR) is 47.1 cm³/mol. The lowest BCUT2D eigenvalue weighted by Crippen LogP contribution is -2.22. The normalized spacial score (nSPS) is 12.5. The second kappa shape index (κ2) is 4.31. The number of primary amides is 1. The summed E-state index contributed by atoms with van der Waals surface area (Å²) in [4.78, 5) is 10.5. The number of halogens is 3. The van der Waals surface area contributed by atoms with Gasteiger partial charge in [0.2, 0.25) is 5.91 Å². The largest absolute Gasteiger partial charge is 0.370 e. The smallest absolute Gasteiger partial charge is 0.219 e. The highest BCUT2D eigenvalue weighted by molar-refractivity contribution is 5.74. The minimum Gasteiger partial charge on any atom is -0.370 e. The summed E-state index contributed by atoms with van der Waals surface area (Å²) >= 11 is 0. The van der Waals surface area contributed by atoms with Crippen molar-refractivity contribution >= 4 is 5.91 Å². The number of hydrogen-bond acceptors (Lipinski definition) is 2. The summed E-state index contributed by atoms with van der Waals surface area (Å²) in [6.45, 7) is 0.